The van der Waals surface area contributed by atoms with Crippen LogP contribution in [-0.4, -0.2) is 17.8 Å². The third-order valence-electron chi connectivity index (χ3n) is 2.99. The van der Waals surface area contributed by atoms with E-state index in [0.29, 0.717) is 10.9 Å². The van der Waals surface area contributed by atoms with Gasteiger partial charge in [-0.3, -0.25) is 0 Å². The predicted molar refractivity (Wildman–Crippen MR) is 82.7 cm³/mol. The predicted octanol–water partition coefficient (Wildman–Crippen LogP) is 4.42. The summed E-state index contributed by atoms with van der Waals surface area (Å²) in [5, 5.41) is 0. The number of allylic oxidation sites excluding steroid dienone is 6. The van der Waals surface area contributed by atoms with E-state index < -0.39 is 0 Å². The van der Waals surface area contributed by atoms with Crippen molar-refractivity contribution in [2.75, 3.05) is 17.8 Å². The van der Waals surface area contributed by atoms with E-state index in [1.807, 2.05) is 6.08 Å². The molecule has 0 radical (unpaired) electrons. The lowest BCUT2D eigenvalue weighted by Crippen LogP contribution is -2.11. The van der Waals surface area contributed by atoms with Crippen LogP contribution in [0.15, 0.2) is 47.6 Å². The van der Waals surface area contributed by atoms with Crippen LogP contribution in [0.1, 0.15) is 33.1 Å². The molecule has 1 unspecified atom stereocenters. The Morgan fingerprint density at radius 2 is 2.06 bits per heavy atom. The van der Waals surface area contributed by atoms with E-state index in [4.69, 9.17) is 0 Å². The molecule has 0 spiro atoms. The third-order valence-corrected chi connectivity index (χ3v) is 4.76. The van der Waals surface area contributed by atoms with Crippen molar-refractivity contribution in [1.82, 2.24) is 0 Å². The highest BCUT2D eigenvalue weighted by atomic mass is 32.2. The zero-order chi connectivity index (χ0) is 12.7. The topological polar surface area (TPSA) is 0 Å². The zero-order valence-electron chi connectivity index (χ0n) is 11.5. The Morgan fingerprint density at radius 3 is 2.53 bits per heavy atom. The first-order chi connectivity index (χ1) is 8.22. The van der Waals surface area contributed by atoms with Crippen LogP contribution >= 0.6 is 0 Å². The standard InChI is InChI=1S/C16H25S/c1-5-8-10-14(9-6-2)16(15-11-12-15)13-17(4)7-3/h5,8-10H,1,6-7,11-13H2,2-4H3/q+1/b10-8-,14-9+. The molecule has 1 aliphatic rings. The molecular weight excluding hydrogens is 224 g/mol. The maximum absolute atomic E-state index is 3.76. The van der Waals surface area contributed by atoms with Crippen LogP contribution in [0.4, 0.5) is 0 Å². The summed E-state index contributed by atoms with van der Waals surface area (Å²) in [4.78, 5) is 0. The normalized spacial score (nSPS) is 17.4. The van der Waals surface area contributed by atoms with Crippen LogP contribution in [0.3, 0.4) is 0 Å². The third kappa shape index (κ3) is 4.99. The first-order valence-electron chi connectivity index (χ1n) is 6.52. The van der Waals surface area contributed by atoms with Gasteiger partial charge in [-0.25, -0.2) is 0 Å². The molecule has 0 aromatic rings. The molecule has 0 heterocycles. The zero-order valence-corrected chi connectivity index (χ0v) is 12.3. The molecule has 1 heteroatoms. The molecule has 1 saturated carbocycles. The van der Waals surface area contributed by atoms with E-state index in [1.54, 1.807) is 11.1 Å². The van der Waals surface area contributed by atoms with E-state index in [-0.39, 0.29) is 0 Å². The van der Waals surface area contributed by atoms with Crippen LogP contribution in [0, 0.1) is 0 Å². The monoisotopic (exact) mass is 249 g/mol. The molecule has 0 N–H and O–H groups in total. The van der Waals surface area contributed by atoms with E-state index in [0.717, 1.165) is 6.42 Å². The highest BCUT2D eigenvalue weighted by molar-refractivity contribution is 7.96. The molecule has 94 valence electrons. The van der Waals surface area contributed by atoms with Crippen molar-refractivity contribution < 1.29 is 0 Å². The molecule has 0 amide bonds. The molecule has 0 aliphatic heterocycles. The Balaban J connectivity index is 2.88. The van der Waals surface area contributed by atoms with Gasteiger partial charge in [0.25, 0.3) is 0 Å². The van der Waals surface area contributed by atoms with Gasteiger partial charge in [-0.15, -0.1) is 0 Å². The van der Waals surface area contributed by atoms with Gasteiger partial charge in [-0.1, -0.05) is 43.4 Å². The Labute approximate surface area is 110 Å². The van der Waals surface area contributed by atoms with Gasteiger partial charge in [-0.2, -0.15) is 0 Å². The molecule has 1 fully saturated rings. The van der Waals surface area contributed by atoms with Crippen LogP contribution in [0.2, 0.25) is 0 Å². The summed E-state index contributed by atoms with van der Waals surface area (Å²) in [5.74, 6) is 2.56. The minimum atomic E-state index is 0.524. The van der Waals surface area contributed by atoms with Crippen LogP contribution in [-0.2, 0) is 10.9 Å². The van der Waals surface area contributed by atoms with Gasteiger partial charge in [-0.05, 0) is 42.7 Å². The smallest absolute Gasteiger partial charge is 0.0991 e. The first-order valence-corrected chi connectivity index (χ1v) is 8.49. The fraction of sp³-hybridized carbons (Fsp3) is 0.500. The molecule has 17 heavy (non-hydrogen) atoms. The summed E-state index contributed by atoms with van der Waals surface area (Å²) >= 11 is 0. The Bertz CT molecular complexity index is 339. The van der Waals surface area contributed by atoms with Crippen molar-refractivity contribution in [3.05, 3.63) is 47.6 Å². The highest BCUT2D eigenvalue weighted by Gasteiger charge is 2.23. The number of rotatable bonds is 7. The van der Waals surface area contributed by atoms with Gasteiger partial charge in [0.2, 0.25) is 0 Å². The molecule has 1 rings (SSSR count). The first kappa shape index (κ1) is 14.4. The Hall–Kier alpha value is -0.690. The summed E-state index contributed by atoms with van der Waals surface area (Å²) in [6.45, 7) is 8.26. The SMILES string of the molecule is C=C/C=C\C(=C/CC)C(C[S+](C)CC)=C1CC1. The average Bonchev–Trinajstić information content (AvgIpc) is 3.15. The van der Waals surface area contributed by atoms with Crippen molar-refractivity contribution in [3.63, 3.8) is 0 Å². The second-order valence-corrected chi connectivity index (χ2v) is 6.89. The lowest BCUT2D eigenvalue weighted by Gasteiger charge is -2.08. The molecule has 0 aromatic carbocycles. The van der Waals surface area contributed by atoms with Gasteiger partial charge >= 0.3 is 0 Å². The van der Waals surface area contributed by atoms with E-state index in [9.17, 15) is 0 Å². The van der Waals surface area contributed by atoms with Gasteiger partial charge < -0.3 is 0 Å². The quantitative estimate of drug-likeness (QED) is 0.463. The summed E-state index contributed by atoms with van der Waals surface area (Å²) in [7, 11) is 0.524. The second-order valence-electron chi connectivity index (χ2n) is 4.46. The van der Waals surface area contributed by atoms with Gasteiger partial charge in [0.15, 0.2) is 0 Å². The van der Waals surface area contributed by atoms with Crippen molar-refractivity contribution in [2.24, 2.45) is 0 Å². The van der Waals surface area contributed by atoms with Crippen molar-refractivity contribution in [3.8, 4) is 0 Å². The second kappa shape index (κ2) is 7.60. The van der Waals surface area contributed by atoms with Crippen LogP contribution in [0.5, 0.6) is 0 Å². The van der Waals surface area contributed by atoms with Gasteiger partial charge in [0, 0.05) is 5.57 Å². The Morgan fingerprint density at radius 1 is 1.35 bits per heavy atom. The molecule has 1 atom stereocenters. The van der Waals surface area contributed by atoms with Gasteiger partial charge in [0.1, 0.15) is 11.5 Å². The average molecular weight is 249 g/mol. The fourth-order valence-electron chi connectivity index (χ4n) is 1.79. The van der Waals surface area contributed by atoms with E-state index >= 15 is 0 Å². The lowest BCUT2D eigenvalue weighted by molar-refractivity contribution is 1.19. The van der Waals surface area contributed by atoms with Crippen molar-refractivity contribution in [2.45, 2.75) is 33.1 Å². The highest BCUT2D eigenvalue weighted by Crippen LogP contribution is 2.36. The minimum Gasteiger partial charge on any atom is -0.0991 e. The number of hydrogen-bond donors (Lipinski definition) is 0. The maximum Gasteiger partial charge on any atom is 0.133 e. The van der Waals surface area contributed by atoms with Gasteiger partial charge in [0.05, 0.1) is 6.26 Å². The van der Waals surface area contributed by atoms with E-state index in [1.165, 1.54) is 29.9 Å². The fourth-order valence-corrected chi connectivity index (χ4v) is 2.85. The summed E-state index contributed by atoms with van der Waals surface area (Å²) in [6.07, 6.45) is 14.6. The molecule has 0 aromatic heterocycles. The summed E-state index contributed by atoms with van der Waals surface area (Å²) < 4.78 is 0. The molecule has 1 aliphatic carbocycles. The lowest BCUT2D eigenvalue weighted by atomic mass is 10.0. The van der Waals surface area contributed by atoms with E-state index in [2.05, 4.69) is 44.9 Å². The Kier molecular flexibility index (Phi) is 6.43. The minimum absolute atomic E-state index is 0.524. The van der Waals surface area contributed by atoms with Crippen LogP contribution in [0.25, 0.3) is 0 Å². The van der Waals surface area contributed by atoms with Crippen molar-refractivity contribution in [1.29, 1.82) is 0 Å². The maximum atomic E-state index is 3.76. The van der Waals surface area contributed by atoms with Crippen LogP contribution < -0.4 is 0 Å². The molecule has 0 bridgehead atoms. The number of hydrogen-bond acceptors (Lipinski definition) is 0. The molecule has 0 nitrogen and oxygen atoms in total. The van der Waals surface area contributed by atoms with Crippen molar-refractivity contribution >= 4 is 10.9 Å². The largest absolute Gasteiger partial charge is 0.133 e. The molecule has 0 saturated heterocycles. The summed E-state index contributed by atoms with van der Waals surface area (Å²) in [6, 6.07) is 0. The summed E-state index contributed by atoms with van der Waals surface area (Å²) in [5.41, 5.74) is 4.75. The molecular formula is C16H25S+.